The molecule has 3 rings (SSSR count). The fraction of sp³-hybridized carbons (Fsp3) is 0.520. The van der Waals surface area contributed by atoms with Crippen LogP contribution in [0.5, 0.6) is 11.5 Å². The second-order valence-corrected chi connectivity index (χ2v) is 8.88. The molecule has 2 N–H and O–H groups in total. The van der Waals surface area contributed by atoms with Gasteiger partial charge in [0, 0.05) is 37.0 Å². The van der Waals surface area contributed by atoms with Crippen molar-refractivity contribution < 1.29 is 28.5 Å². The maximum absolute atomic E-state index is 12.8. The third-order valence-electron chi connectivity index (χ3n) is 5.68. The van der Waals surface area contributed by atoms with Gasteiger partial charge >= 0.3 is 5.97 Å². The van der Waals surface area contributed by atoms with Crippen molar-refractivity contribution in [1.29, 1.82) is 0 Å². The second-order valence-electron chi connectivity index (χ2n) is 8.00. The molecular weight excluding hydrogens is 470 g/mol. The normalized spacial score (nSPS) is 13.9. The molecular formula is C25H35N3O6S. The van der Waals surface area contributed by atoms with E-state index in [1.807, 2.05) is 11.4 Å². The number of methoxy groups -OCH3 is 2. The number of esters is 1. The fourth-order valence-electron chi connectivity index (χ4n) is 3.84. The Kier molecular flexibility index (Phi) is 10.8. The van der Waals surface area contributed by atoms with E-state index in [-0.39, 0.29) is 12.5 Å². The molecule has 0 spiro atoms. The highest BCUT2D eigenvalue weighted by Gasteiger charge is 2.23. The van der Waals surface area contributed by atoms with Gasteiger partial charge in [0.2, 0.25) is 5.91 Å². The van der Waals surface area contributed by atoms with E-state index in [0.717, 1.165) is 51.4 Å². The minimum Gasteiger partial charge on any atom is -0.493 e. The van der Waals surface area contributed by atoms with Crippen LogP contribution in [0.25, 0.3) is 11.1 Å². The number of hydrogen-bond acceptors (Lipinski definition) is 9. The summed E-state index contributed by atoms with van der Waals surface area (Å²) in [7, 11) is 3.13. The molecule has 0 unspecified atom stereocenters. The van der Waals surface area contributed by atoms with Gasteiger partial charge in [-0.2, -0.15) is 0 Å². The lowest BCUT2D eigenvalue weighted by Gasteiger charge is -2.26. The van der Waals surface area contributed by atoms with E-state index in [0.29, 0.717) is 40.6 Å². The molecule has 192 valence electrons. The Morgan fingerprint density at radius 3 is 2.60 bits per heavy atom. The first-order chi connectivity index (χ1) is 17.1. The topological polar surface area (TPSA) is 98.4 Å². The Hall–Kier alpha value is -2.66. The monoisotopic (exact) mass is 505 g/mol. The number of ether oxygens (including phenoxy) is 4. The third-order valence-corrected chi connectivity index (χ3v) is 6.57. The Balaban J connectivity index is 1.59. The number of rotatable bonds is 13. The summed E-state index contributed by atoms with van der Waals surface area (Å²) in [5.41, 5.74) is 1.78. The van der Waals surface area contributed by atoms with Crippen molar-refractivity contribution in [3.63, 3.8) is 0 Å². The predicted molar refractivity (Wildman–Crippen MR) is 137 cm³/mol. The quantitative estimate of drug-likeness (QED) is 0.316. The van der Waals surface area contributed by atoms with Gasteiger partial charge in [0.1, 0.15) is 10.6 Å². The van der Waals surface area contributed by atoms with Crippen LogP contribution in [0.15, 0.2) is 23.6 Å². The van der Waals surface area contributed by atoms with Crippen molar-refractivity contribution in [2.45, 2.75) is 19.8 Å². The van der Waals surface area contributed by atoms with E-state index in [9.17, 15) is 9.59 Å². The van der Waals surface area contributed by atoms with Crippen LogP contribution in [0.4, 0.5) is 5.00 Å². The summed E-state index contributed by atoms with van der Waals surface area (Å²) in [6, 6.07) is 5.43. The van der Waals surface area contributed by atoms with Crippen LogP contribution >= 0.6 is 11.3 Å². The Labute approximate surface area is 210 Å². The first-order valence-corrected chi connectivity index (χ1v) is 12.8. The zero-order chi connectivity index (χ0) is 25.0. The summed E-state index contributed by atoms with van der Waals surface area (Å²) in [6.07, 6.45) is 1.33. The molecule has 1 aliphatic rings. The van der Waals surface area contributed by atoms with Crippen molar-refractivity contribution in [2.75, 3.05) is 72.1 Å². The van der Waals surface area contributed by atoms with Crippen LogP contribution in [0.1, 0.15) is 30.1 Å². The van der Waals surface area contributed by atoms with Gasteiger partial charge in [-0.3, -0.25) is 9.69 Å². The number of amides is 1. The van der Waals surface area contributed by atoms with Gasteiger partial charge in [-0.25, -0.2) is 4.79 Å². The van der Waals surface area contributed by atoms with Crippen LogP contribution < -0.4 is 20.1 Å². The summed E-state index contributed by atoms with van der Waals surface area (Å²) in [6.45, 7) is 8.01. The largest absolute Gasteiger partial charge is 0.493 e. The van der Waals surface area contributed by atoms with E-state index in [1.54, 1.807) is 33.3 Å². The van der Waals surface area contributed by atoms with Crippen molar-refractivity contribution in [3.8, 4) is 22.6 Å². The minimum atomic E-state index is -0.477. The van der Waals surface area contributed by atoms with Gasteiger partial charge in [-0.1, -0.05) is 6.07 Å². The molecule has 1 amide bonds. The molecule has 1 aromatic carbocycles. The number of carbonyl (C=O) groups excluding carboxylic acids is 2. The van der Waals surface area contributed by atoms with Crippen LogP contribution in [-0.4, -0.2) is 83.5 Å². The number of thiophene rings is 1. The molecule has 2 heterocycles. The highest BCUT2D eigenvalue weighted by atomic mass is 32.1. The third kappa shape index (κ3) is 7.66. The molecule has 0 bridgehead atoms. The molecule has 0 atom stereocenters. The van der Waals surface area contributed by atoms with Gasteiger partial charge in [0.25, 0.3) is 0 Å². The lowest BCUT2D eigenvalue weighted by molar-refractivity contribution is -0.116. The van der Waals surface area contributed by atoms with E-state index in [4.69, 9.17) is 18.9 Å². The van der Waals surface area contributed by atoms with Crippen molar-refractivity contribution in [2.24, 2.45) is 0 Å². The maximum Gasteiger partial charge on any atom is 0.341 e. The molecule has 2 aromatic rings. The minimum absolute atomic E-state index is 0.156. The number of morpholine rings is 1. The molecule has 0 saturated carbocycles. The van der Waals surface area contributed by atoms with Gasteiger partial charge in [-0.05, 0) is 44.1 Å². The molecule has 0 radical (unpaired) electrons. The van der Waals surface area contributed by atoms with E-state index >= 15 is 0 Å². The smallest absolute Gasteiger partial charge is 0.341 e. The number of benzene rings is 1. The number of hydrogen-bond donors (Lipinski definition) is 2. The van der Waals surface area contributed by atoms with E-state index in [2.05, 4.69) is 15.5 Å². The van der Waals surface area contributed by atoms with Gasteiger partial charge in [0.05, 0.1) is 34.0 Å². The predicted octanol–water partition coefficient (Wildman–Crippen LogP) is 3.25. The zero-order valence-corrected chi connectivity index (χ0v) is 21.5. The standard InChI is InChI=1S/C25H35N3O6S/c1-4-34-25(30)23-19(18-6-7-20(31-2)21(16-18)32-3)17-35-24(23)27-22(29)8-10-26-9-5-11-28-12-14-33-15-13-28/h6-7,16-17,26H,4-5,8-15H2,1-3H3,(H,27,29). The Morgan fingerprint density at radius 2 is 1.89 bits per heavy atom. The number of carbonyl (C=O) groups is 2. The molecule has 10 heteroatoms. The molecule has 1 aliphatic heterocycles. The van der Waals surface area contributed by atoms with E-state index < -0.39 is 5.97 Å². The molecule has 9 nitrogen and oxygen atoms in total. The summed E-state index contributed by atoms with van der Waals surface area (Å²) in [5, 5.41) is 8.53. The number of nitrogens with zero attached hydrogens (tertiary/aromatic N) is 1. The summed E-state index contributed by atoms with van der Waals surface area (Å²) < 4.78 is 21.4. The lowest BCUT2D eigenvalue weighted by atomic mass is 10.0. The highest BCUT2D eigenvalue weighted by Crippen LogP contribution is 2.39. The zero-order valence-electron chi connectivity index (χ0n) is 20.7. The van der Waals surface area contributed by atoms with Crippen LogP contribution in [0.2, 0.25) is 0 Å². The highest BCUT2D eigenvalue weighted by molar-refractivity contribution is 7.15. The number of anilines is 1. The van der Waals surface area contributed by atoms with Gasteiger partial charge < -0.3 is 29.6 Å². The average Bonchev–Trinajstić information content (AvgIpc) is 3.29. The SMILES string of the molecule is CCOC(=O)c1c(-c2ccc(OC)c(OC)c2)csc1NC(=O)CCNCCCN1CCOCC1. The first kappa shape index (κ1) is 26.9. The first-order valence-electron chi connectivity index (χ1n) is 11.9. The fourth-order valence-corrected chi connectivity index (χ4v) is 4.81. The second kappa shape index (κ2) is 14.0. The van der Waals surface area contributed by atoms with Gasteiger partial charge in [0.15, 0.2) is 11.5 Å². The van der Waals surface area contributed by atoms with Crippen LogP contribution in [0.3, 0.4) is 0 Å². The number of nitrogens with one attached hydrogen (secondary N) is 2. The van der Waals surface area contributed by atoms with Crippen LogP contribution in [0, 0.1) is 0 Å². The Bertz CT molecular complexity index is 974. The van der Waals surface area contributed by atoms with Gasteiger partial charge in [-0.15, -0.1) is 11.3 Å². The summed E-state index contributed by atoms with van der Waals surface area (Å²) in [4.78, 5) is 27.8. The average molecular weight is 506 g/mol. The van der Waals surface area contributed by atoms with Crippen LogP contribution in [-0.2, 0) is 14.3 Å². The molecule has 1 saturated heterocycles. The van der Waals surface area contributed by atoms with Crippen molar-refractivity contribution in [1.82, 2.24) is 10.2 Å². The van der Waals surface area contributed by atoms with Crippen molar-refractivity contribution >= 4 is 28.2 Å². The lowest BCUT2D eigenvalue weighted by Crippen LogP contribution is -2.37. The summed E-state index contributed by atoms with van der Waals surface area (Å²) in [5.74, 6) is 0.512. The van der Waals surface area contributed by atoms with E-state index in [1.165, 1.54) is 11.3 Å². The maximum atomic E-state index is 12.8. The summed E-state index contributed by atoms with van der Waals surface area (Å²) >= 11 is 1.30. The van der Waals surface area contributed by atoms with Crippen molar-refractivity contribution in [3.05, 3.63) is 29.1 Å². The molecule has 1 aromatic heterocycles. The molecule has 1 fully saturated rings. The molecule has 35 heavy (non-hydrogen) atoms. The Morgan fingerprint density at radius 1 is 1.11 bits per heavy atom. The molecule has 0 aliphatic carbocycles.